The standard InChI is InChI=1S/C37H40F8O6/c1-3-4-5-7-10-25(2)50-33(46)28-13-11-26(12-14-28)27-15-17-29(18-16-27)51-34(47)31-20-19-30(23-32(31)38)49-22-9-6-8-21-48-24-35(39,40)36(41,42)37(43,44)45/h11-20,23,25H,3-10,21-22,24H2,1-2H3/t25-/m1/s1. The molecule has 0 amide bonds. The third-order valence-corrected chi connectivity index (χ3v) is 7.75. The normalized spacial score (nSPS) is 12.7. The van der Waals surface area contributed by atoms with Gasteiger partial charge in [-0.25, -0.2) is 14.0 Å². The molecule has 0 unspecified atom stereocenters. The van der Waals surface area contributed by atoms with E-state index in [1.165, 1.54) is 12.1 Å². The second kappa shape index (κ2) is 18.9. The number of hydrogen-bond donors (Lipinski definition) is 0. The molecule has 3 aromatic rings. The summed E-state index contributed by atoms with van der Waals surface area (Å²) >= 11 is 0. The van der Waals surface area contributed by atoms with Gasteiger partial charge in [-0.05, 0) is 86.6 Å². The lowest BCUT2D eigenvalue weighted by Gasteiger charge is -2.27. The van der Waals surface area contributed by atoms with Gasteiger partial charge in [-0.15, -0.1) is 0 Å². The van der Waals surface area contributed by atoms with E-state index in [1.807, 2.05) is 6.92 Å². The van der Waals surface area contributed by atoms with E-state index >= 15 is 0 Å². The lowest BCUT2D eigenvalue weighted by atomic mass is 10.0. The molecule has 1 atom stereocenters. The molecule has 0 N–H and O–H groups in total. The molecule has 6 nitrogen and oxygen atoms in total. The van der Waals surface area contributed by atoms with Crippen molar-refractivity contribution in [2.45, 2.75) is 89.3 Å². The fraction of sp³-hybridized carbons (Fsp3) is 0.459. The molecular weight excluding hydrogens is 692 g/mol. The number of rotatable bonds is 20. The monoisotopic (exact) mass is 732 g/mol. The summed E-state index contributed by atoms with van der Waals surface area (Å²) in [6, 6.07) is 16.9. The van der Waals surface area contributed by atoms with Gasteiger partial charge in [0.2, 0.25) is 0 Å². The Labute approximate surface area is 291 Å². The van der Waals surface area contributed by atoms with Crippen LogP contribution in [0.3, 0.4) is 0 Å². The van der Waals surface area contributed by atoms with Crippen LogP contribution in [0.15, 0.2) is 66.7 Å². The van der Waals surface area contributed by atoms with E-state index in [2.05, 4.69) is 11.7 Å². The van der Waals surface area contributed by atoms with Gasteiger partial charge in [-0.2, -0.15) is 30.7 Å². The van der Waals surface area contributed by atoms with Crippen LogP contribution in [0.5, 0.6) is 11.5 Å². The molecule has 0 saturated carbocycles. The quantitative estimate of drug-likeness (QED) is 0.0499. The van der Waals surface area contributed by atoms with E-state index < -0.39 is 43.0 Å². The molecule has 0 aliphatic heterocycles. The molecule has 3 rings (SSSR count). The van der Waals surface area contributed by atoms with E-state index in [-0.39, 0.29) is 48.6 Å². The average Bonchev–Trinajstić information content (AvgIpc) is 3.07. The van der Waals surface area contributed by atoms with Crippen molar-refractivity contribution in [1.29, 1.82) is 0 Å². The number of halogens is 8. The lowest BCUT2D eigenvalue weighted by molar-refractivity contribution is -0.361. The molecule has 280 valence electrons. The molecule has 0 aliphatic carbocycles. The Hall–Kier alpha value is -4.20. The molecule has 51 heavy (non-hydrogen) atoms. The van der Waals surface area contributed by atoms with Crippen molar-refractivity contribution in [3.8, 4) is 22.6 Å². The molecule has 0 bridgehead atoms. The predicted molar refractivity (Wildman–Crippen MR) is 173 cm³/mol. The van der Waals surface area contributed by atoms with Crippen LogP contribution < -0.4 is 9.47 Å². The van der Waals surface area contributed by atoms with Gasteiger partial charge in [-0.1, -0.05) is 50.5 Å². The van der Waals surface area contributed by atoms with E-state index in [0.717, 1.165) is 49.3 Å². The topological polar surface area (TPSA) is 71.1 Å². The maximum Gasteiger partial charge on any atom is 0.459 e. The number of ether oxygens (including phenoxy) is 4. The molecule has 0 saturated heterocycles. The van der Waals surface area contributed by atoms with Crippen molar-refractivity contribution in [2.24, 2.45) is 0 Å². The molecule has 0 radical (unpaired) electrons. The summed E-state index contributed by atoms with van der Waals surface area (Å²) in [5, 5.41) is 0. The Morgan fingerprint density at radius 3 is 1.90 bits per heavy atom. The largest absolute Gasteiger partial charge is 0.493 e. The van der Waals surface area contributed by atoms with Crippen LogP contribution in [-0.4, -0.2) is 55.9 Å². The zero-order valence-electron chi connectivity index (χ0n) is 28.2. The number of carbonyl (C=O) groups excluding carboxylic acids is 2. The Kier molecular flexibility index (Phi) is 15.3. The van der Waals surface area contributed by atoms with Gasteiger partial charge in [0, 0.05) is 12.7 Å². The van der Waals surface area contributed by atoms with Crippen LogP contribution in [-0.2, 0) is 9.47 Å². The molecule has 0 spiro atoms. The van der Waals surface area contributed by atoms with Gasteiger partial charge in [0.1, 0.15) is 23.9 Å². The summed E-state index contributed by atoms with van der Waals surface area (Å²) < 4.78 is 124. The number of carbonyl (C=O) groups is 2. The SMILES string of the molecule is CCCCCC[C@@H](C)OC(=O)c1ccc(-c2ccc(OC(=O)c3ccc(OCCCCCOCC(F)(F)C(F)(F)C(F)(F)F)cc3F)cc2)cc1. The molecule has 0 heterocycles. The predicted octanol–water partition coefficient (Wildman–Crippen LogP) is 10.6. The third kappa shape index (κ3) is 12.2. The van der Waals surface area contributed by atoms with Crippen molar-refractivity contribution in [3.63, 3.8) is 0 Å². The number of esters is 2. The zero-order valence-corrected chi connectivity index (χ0v) is 28.2. The van der Waals surface area contributed by atoms with Crippen LogP contribution in [0.25, 0.3) is 11.1 Å². The van der Waals surface area contributed by atoms with Crippen LogP contribution >= 0.6 is 0 Å². The van der Waals surface area contributed by atoms with Crippen LogP contribution in [0, 0.1) is 5.82 Å². The first kappa shape index (κ1) is 41.2. The fourth-order valence-electron chi connectivity index (χ4n) is 4.77. The minimum atomic E-state index is -6.41. The summed E-state index contributed by atoms with van der Waals surface area (Å²) in [5.74, 6) is -13.6. The Morgan fingerprint density at radius 2 is 1.29 bits per heavy atom. The summed E-state index contributed by atoms with van der Waals surface area (Å²) in [5.41, 5.74) is 1.67. The van der Waals surface area contributed by atoms with E-state index in [0.29, 0.717) is 12.0 Å². The minimum Gasteiger partial charge on any atom is -0.493 e. The summed E-state index contributed by atoms with van der Waals surface area (Å²) in [6.45, 7) is 1.47. The zero-order chi connectivity index (χ0) is 37.7. The first-order valence-electron chi connectivity index (χ1n) is 16.5. The second-order valence-corrected chi connectivity index (χ2v) is 11.9. The first-order chi connectivity index (χ1) is 24.1. The van der Waals surface area contributed by atoms with Crippen LogP contribution in [0.2, 0.25) is 0 Å². The number of benzene rings is 3. The number of alkyl halides is 7. The summed E-state index contributed by atoms with van der Waals surface area (Å²) in [7, 11) is 0. The van der Waals surface area contributed by atoms with Crippen LogP contribution in [0.4, 0.5) is 35.1 Å². The van der Waals surface area contributed by atoms with E-state index in [4.69, 9.17) is 14.2 Å². The highest BCUT2D eigenvalue weighted by Gasteiger charge is 2.72. The van der Waals surface area contributed by atoms with Gasteiger partial charge < -0.3 is 18.9 Å². The van der Waals surface area contributed by atoms with Crippen molar-refractivity contribution in [1.82, 2.24) is 0 Å². The minimum absolute atomic E-state index is 0.0309. The van der Waals surface area contributed by atoms with Gasteiger partial charge >= 0.3 is 30.0 Å². The third-order valence-electron chi connectivity index (χ3n) is 7.75. The molecule has 14 heteroatoms. The smallest absolute Gasteiger partial charge is 0.459 e. The highest BCUT2D eigenvalue weighted by molar-refractivity contribution is 5.92. The highest BCUT2D eigenvalue weighted by Crippen LogP contribution is 2.46. The van der Waals surface area contributed by atoms with Crippen molar-refractivity contribution >= 4 is 11.9 Å². The molecule has 3 aromatic carbocycles. The van der Waals surface area contributed by atoms with Crippen molar-refractivity contribution < 1.29 is 63.7 Å². The Morgan fingerprint density at radius 1 is 0.706 bits per heavy atom. The molecule has 0 fully saturated rings. The molecule has 0 aliphatic rings. The van der Waals surface area contributed by atoms with Gasteiger partial charge in [0.25, 0.3) is 0 Å². The number of unbranched alkanes of at least 4 members (excludes halogenated alkanes) is 5. The van der Waals surface area contributed by atoms with Crippen LogP contribution in [0.1, 0.15) is 85.9 Å². The Balaban J connectivity index is 1.40. The molecular formula is C37H40F8O6. The lowest BCUT2D eigenvalue weighted by Crippen LogP contribution is -2.54. The molecule has 0 aromatic heterocycles. The van der Waals surface area contributed by atoms with Gasteiger partial charge in [0.15, 0.2) is 0 Å². The summed E-state index contributed by atoms with van der Waals surface area (Å²) in [6.07, 6.45) is -0.715. The van der Waals surface area contributed by atoms with Gasteiger partial charge in [0.05, 0.1) is 23.8 Å². The maximum atomic E-state index is 14.7. The number of hydrogen-bond acceptors (Lipinski definition) is 6. The fourth-order valence-corrected chi connectivity index (χ4v) is 4.77. The summed E-state index contributed by atoms with van der Waals surface area (Å²) in [4.78, 5) is 25.1. The highest BCUT2D eigenvalue weighted by atomic mass is 19.4. The maximum absolute atomic E-state index is 14.7. The van der Waals surface area contributed by atoms with E-state index in [1.54, 1.807) is 48.5 Å². The Bertz CT molecular complexity index is 1540. The van der Waals surface area contributed by atoms with E-state index in [9.17, 15) is 44.7 Å². The second-order valence-electron chi connectivity index (χ2n) is 11.9. The van der Waals surface area contributed by atoms with Gasteiger partial charge in [-0.3, -0.25) is 0 Å². The van der Waals surface area contributed by atoms with Crippen molar-refractivity contribution in [3.05, 3.63) is 83.7 Å². The average molecular weight is 733 g/mol. The first-order valence-corrected chi connectivity index (χ1v) is 16.5. The van der Waals surface area contributed by atoms with Crippen molar-refractivity contribution in [2.75, 3.05) is 19.8 Å².